The fraction of sp³-hybridized carbons (Fsp3) is 0.474. The molecule has 0 radical (unpaired) electrons. The SMILES string of the molecule is COC(=O)c1ccc2nc(CN3CCC(c4cccc(OCc5ccc(C(=O)C6CCN(C)CC6)cc5F)n4)CC3)n(CC3CCO3)c2c1. The predicted octanol–water partition coefficient (Wildman–Crippen LogP) is 5.63. The molecule has 4 aromatic rings. The molecule has 0 aliphatic carbocycles. The summed E-state index contributed by atoms with van der Waals surface area (Å²) in [6, 6.07) is 16.0. The highest BCUT2D eigenvalue weighted by atomic mass is 19.1. The maximum absolute atomic E-state index is 15.0. The van der Waals surface area contributed by atoms with Crippen LogP contribution in [0.3, 0.4) is 0 Å². The van der Waals surface area contributed by atoms with Gasteiger partial charge >= 0.3 is 5.97 Å². The summed E-state index contributed by atoms with van der Waals surface area (Å²) in [6.45, 7) is 5.77. The van der Waals surface area contributed by atoms with E-state index in [1.807, 2.05) is 24.3 Å². The first-order chi connectivity index (χ1) is 23.8. The summed E-state index contributed by atoms with van der Waals surface area (Å²) in [4.78, 5) is 39.6. The van der Waals surface area contributed by atoms with Gasteiger partial charge in [0.15, 0.2) is 5.78 Å². The van der Waals surface area contributed by atoms with Gasteiger partial charge in [0.2, 0.25) is 5.88 Å². The number of imidazole rings is 1. The molecule has 11 heteroatoms. The van der Waals surface area contributed by atoms with Crippen LogP contribution in [-0.4, -0.2) is 89.1 Å². The van der Waals surface area contributed by atoms with Gasteiger partial charge < -0.3 is 23.7 Å². The van der Waals surface area contributed by atoms with Crippen molar-refractivity contribution in [1.82, 2.24) is 24.3 Å². The number of rotatable bonds is 11. The molecule has 0 spiro atoms. The fourth-order valence-electron chi connectivity index (χ4n) is 7.18. The zero-order valence-corrected chi connectivity index (χ0v) is 28.3. The molecule has 3 aliphatic rings. The Bertz CT molecular complexity index is 1810. The van der Waals surface area contributed by atoms with Crippen molar-refractivity contribution in [1.29, 1.82) is 0 Å². The van der Waals surface area contributed by atoms with Crippen LogP contribution < -0.4 is 4.74 Å². The molecule has 258 valence electrons. The van der Waals surface area contributed by atoms with Gasteiger partial charge in [-0.25, -0.2) is 19.2 Å². The van der Waals surface area contributed by atoms with Gasteiger partial charge in [-0.05, 0) is 95.7 Å². The lowest BCUT2D eigenvalue weighted by Gasteiger charge is -2.32. The predicted molar refractivity (Wildman–Crippen MR) is 182 cm³/mol. The minimum atomic E-state index is -0.431. The smallest absolute Gasteiger partial charge is 0.337 e. The van der Waals surface area contributed by atoms with Crippen LogP contribution in [0.4, 0.5) is 4.39 Å². The van der Waals surface area contributed by atoms with E-state index in [-0.39, 0.29) is 36.3 Å². The lowest BCUT2D eigenvalue weighted by molar-refractivity contribution is -0.0592. The van der Waals surface area contributed by atoms with Crippen molar-refractivity contribution < 1.29 is 28.2 Å². The number of aromatic nitrogens is 3. The molecule has 2 aromatic heterocycles. The lowest BCUT2D eigenvalue weighted by Crippen LogP contribution is -2.35. The second kappa shape index (κ2) is 14.7. The zero-order chi connectivity index (χ0) is 33.9. The van der Waals surface area contributed by atoms with Crippen LogP contribution in [0.1, 0.15) is 75.8 Å². The van der Waals surface area contributed by atoms with E-state index in [0.29, 0.717) is 35.7 Å². The zero-order valence-electron chi connectivity index (χ0n) is 28.3. The third kappa shape index (κ3) is 7.54. The molecule has 3 fully saturated rings. The topological polar surface area (TPSA) is 99.0 Å². The van der Waals surface area contributed by atoms with Gasteiger partial charge in [0.25, 0.3) is 0 Å². The van der Waals surface area contributed by atoms with E-state index in [0.717, 1.165) is 87.4 Å². The minimum Gasteiger partial charge on any atom is -0.473 e. The Hall–Kier alpha value is -4.19. The quantitative estimate of drug-likeness (QED) is 0.149. The number of likely N-dealkylation sites (tertiary alicyclic amines) is 2. The molecule has 0 bridgehead atoms. The molecule has 10 nitrogen and oxygen atoms in total. The van der Waals surface area contributed by atoms with Crippen molar-refractivity contribution in [3.05, 3.63) is 88.6 Å². The summed E-state index contributed by atoms with van der Waals surface area (Å²) in [5.41, 5.74) is 4.09. The van der Waals surface area contributed by atoms with Gasteiger partial charge in [0.1, 0.15) is 18.2 Å². The molecule has 0 amide bonds. The van der Waals surface area contributed by atoms with Crippen molar-refractivity contribution in [3.8, 4) is 5.88 Å². The number of hydrogen-bond acceptors (Lipinski definition) is 9. The Morgan fingerprint density at radius 2 is 1.71 bits per heavy atom. The Balaban J connectivity index is 0.957. The number of piperidine rings is 2. The first-order valence-electron chi connectivity index (χ1n) is 17.4. The normalized spacial score (nSPS) is 19.5. The fourth-order valence-corrected chi connectivity index (χ4v) is 7.18. The summed E-state index contributed by atoms with van der Waals surface area (Å²) >= 11 is 0. The maximum Gasteiger partial charge on any atom is 0.337 e. The number of fused-ring (bicyclic) bond motifs is 1. The number of benzene rings is 2. The Kier molecular flexibility index (Phi) is 10.0. The molecular formula is C38H44FN5O5. The molecule has 0 N–H and O–H groups in total. The number of esters is 1. The number of pyridine rings is 1. The number of hydrogen-bond donors (Lipinski definition) is 0. The number of nitrogens with zero attached hydrogens (tertiary/aromatic N) is 5. The van der Waals surface area contributed by atoms with Gasteiger partial charge in [-0.3, -0.25) is 9.69 Å². The molecule has 3 aliphatic heterocycles. The van der Waals surface area contributed by atoms with E-state index < -0.39 is 5.82 Å². The monoisotopic (exact) mass is 669 g/mol. The van der Waals surface area contributed by atoms with Crippen molar-refractivity contribution in [2.75, 3.05) is 46.9 Å². The summed E-state index contributed by atoms with van der Waals surface area (Å²) in [5.74, 6) is 0.894. The number of carbonyl (C=O) groups is 2. The van der Waals surface area contributed by atoms with E-state index >= 15 is 4.39 Å². The maximum atomic E-state index is 15.0. The second-order valence-electron chi connectivity index (χ2n) is 13.6. The van der Waals surface area contributed by atoms with E-state index in [4.69, 9.17) is 24.2 Å². The lowest BCUT2D eigenvalue weighted by atomic mass is 9.89. The van der Waals surface area contributed by atoms with Crippen molar-refractivity contribution in [2.45, 2.75) is 63.8 Å². The third-order valence-corrected chi connectivity index (χ3v) is 10.3. The van der Waals surface area contributed by atoms with Crippen molar-refractivity contribution in [2.24, 2.45) is 5.92 Å². The number of ketones is 1. The molecule has 1 unspecified atom stereocenters. The highest BCUT2D eigenvalue weighted by Gasteiger charge is 2.27. The number of halogens is 1. The average Bonchev–Trinajstić information content (AvgIpc) is 3.45. The highest BCUT2D eigenvalue weighted by molar-refractivity contribution is 5.98. The van der Waals surface area contributed by atoms with Gasteiger partial charge in [0, 0.05) is 41.3 Å². The van der Waals surface area contributed by atoms with Crippen LogP contribution in [0.25, 0.3) is 11.0 Å². The third-order valence-electron chi connectivity index (χ3n) is 10.3. The standard InChI is InChI=1S/C38H44FN5O5/c1-42-15-10-26(11-16-42)37(45)27-6-7-29(31(39)20-27)24-49-36-5-3-4-32(41-36)25-12-17-43(18-13-25)23-35-40-33-9-8-28(38(46)47-2)21-34(33)44(35)22-30-14-19-48-30/h3-9,20-21,25-26,30H,10-19,22-24H2,1-2H3. The van der Waals surface area contributed by atoms with Crippen LogP contribution in [0.5, 0.6) is 5.88 Å². The number of ether oxygens (including phenoxy) is 3. The van der Waals surface area contributed by atoms with Gasteiger partial charge in [-0.1, -0.05) is 18.2 Å². The second-order valence-corrected chi connectivity index (χ2v) is 13.6. The average molecular weight is 670 g/mol. The Morgan fingerprint density at radius 3 is 2.43 bits per heavy atom. The van der Waals surface area contributed by atoms with Crippen LogP contribution in [0.15, 0.2) is 54.6 Å². The summed E-state index contributed by atoms with van der Waals surface area (Å²) < 4.78 is 33.9. The van der Waals surface area contributed by atoms with Crippen LogP contribution in [-0.2, 0) is 29.2 Å². The van der Waals surface area contributed by atoms with Crippen molar-refractivity contribution in [3.63, 3.8) is 0 Å². The van der Waals surface area contributed by atoms with Gasteiger partial charge in [-0.15, -0.1) is 0 Å². The van der Waals surface area contributed by atoms with E-state index in [2.05, 4.69) is 21.4 Å². The van der Waals surface area contributed by atoms with E-state index in [1.54, 1.807) is 24.3 Å². The molecule has 0 saturated carbocycles. The molecular weight excluding hydrogens is 625 g/mol. The van der Waals surface area contributed by atoms with Crippen LogP contribution in [0.2, 0.25) is 0 Å². The number of Topliss-reactive ketones (excluding diaryl/α,β-unsaturated/α-hetero) is 1. The molecule has 1 atom stereocenters. The van der Waals surface area contributed by atoms with E-state index in [9.17, 15) is 9.59 Å². The molecule has 3 saturated heterocycles. The molecule has 7 rings (SSSR count). The highest BCUT2D eigenvalue weighted by Crippen LogP contribution is 2.30. The largest absolute Gasteiger partial charge is 0.473 e. The van der Waals surface area contributed by atoms with E-state index in [1.165, 1.54) is 13.2 Å². The van der Waals surface area contributed by atoms with Gasteiger partial charge in [-0.2, -0.15) is 0 Å². The Labute approximate surface area is 286 Å². The van der Waals surface area contributed by atoms with Crippen molar-refractivity contribution >= 4 is 22.8 Å². The van der Waals surface area contributed by atoms with Crippen LogP contribution in [0, 0.1) is 11.7 Å². The van der Waals surface area contributed by atoms with Crippen LogP contribution >= 0.6 is 0 Å². The molecule has 2 aromatic carbocycles. The summed E-state index contributed by atoms with van der Waals surface area (Å²) in [7, 11) is 3.45. The minimum absolute atomic E-state index is 0.0241. The number of carbonyl (C=O) groups excluding carboxylic acids is 2. The first-order valence-corrected chi connectivity index (χ1v) is 17.4. The number of methoxy groups -OCH3 is 1. The summed E-state index contributed by atoms with van der Waals surface area (Å²) in [6.07, 6.45) is 4.66. The molecule has 49 heavy (non-hydrogen) atoms. The summed E-state index contributed by atoms with van der Waals surface area (Å²) in [5, 5.41) is 0. The molecule has 5 heterocycles. The first kappa shape index (κ1) is 33.3. The Morgan fingerprint density at radius 1 is 0.939 bits per heavy atom. The van der Waals surface area contributed by atoms with Gasteiger partial charge in [0.05, 0.1) is 42.9 Å².